The highest BCUT2D eigenvalue weighted by atomic mass is 32.2. The molecule has 1 saturated heterocycles. The predicted molar refractivity (Wildman–Crippen MR) is 203 cm³/mol. The van der Waals surface area contributed by atoms with Crippen molar-refractivity contribution in [3.8, 4) is 5.75 Å². The third-order valence-corrected chi connectivity index (χ3v) is 10.8. The fourth-order valence-electron chi connectivity index (χ4n) is 6.38. The van der Waals surface area contributed by atoms with Crippen LogP contribution in [-0.2, 0) is 27.8 Å². The van der Waals surface area contributed by atoms with E-state index in [2.05, 4.69) is 16.0 Å². The number of hydrogen-bond acceptors (Lipinski definition) is 7. The van der Waals surface area contributed by atoms with Gasteiger partial charge in [-0.1, -0.05) is 79.7 Å². The van der Waals surface area contributed by atoms with Crippen LogP contribution in [0.5, 0.6) is 5.75 Å². The van der Waals surface area contributed by atoms with Gasteiger partial charge in [0.05, 0.1) is 31.1 Å². The van der Waals surface area contributed by atoms with Gasteiger partial charge in [0.2, 0.25) is 15.9 Å². The molecule has 0 unspecified atom stereocenters. The van der Waals surface area contributed by atoms with E-state index in [-0.39, 0.29) is 34.7 Å². The van der Waals surface area contributed by atoms with Crippen LogP contribution in [0, 0.1) is 5.92 Å². The summed E-state index contributed by atoms with van der Waals surface area (Å²) in [7, 11) is -0.743. The Hall–Kier alpha value is -5.20. The zero-order chi connectivity index (χ0) is 37.4. The van der Waals surface area contributed by atoms with Crippen molar-refractivity contribution in [2.75, 3.05) is 37.8 Å². The summed E-state index contributed by atoms with van der Waals surface area (Å²) in [6.07, 6.45) is 1.49. The Kier molecular flexibility index (Phi) is 12.3. The Bertz CT molecular complexity index is 1970. The lowest BCUT2D eigenvalue weighted by Crippen LogP contribution is -2.60. The van der Waals surface area contributed by atoms with Gasteiger partial charge < -0.3 is 25.6 Å². The zero-order valence-corrected chi connectivity index (χ0v) is 31.0. The molecule has 0 radical (unpaired) electrons. The summed E-state index contributed by atoms with van der Waals surface area (Å²) in [5, 5.41) is 9.49. The van der Waals surface area contributed by atoms with E-state index in [1.807, 2.05) is 104 Å². The van der Waals surface area contributed by atoms with Crippen LogP contribution < -0.4 is 25.0 Å². The Labute approximate surface area is 306 Å². The number of rotatable bonds is 14. The molecule has 5 rings (SSSR count). The molecule has 1 aliphatic rings. The average Bonchev–Trinajstić information content (AvgIpc) is 3.15. The second-order valence-corrected chi connectivity index (χ2v) is 15.3. The molecule has 1 heterocycles. The largest absolute Gasteiger partial charge is 0.497 e. The van der Waals surface area contributed by atoms with Crippen LogP contribution in [0.2, 0.25) is 0 Å². The highest BCUT2D eigenvalue weighted by Crippen LogP contribution is 2.25. The van der Waals surface area contributed by atoms with Gasteiger partial charge in [-0.05, 0) is 60.4 Å². The summed E-state index contributed by atoms with van der Waals surface area (Å²) < 4.78 is 31.6. The molecule has 4 atom stereocenters. The van der Waals surface area contributed by atoms with Crippen LogP contribution in [0.15, 0.2) is 103 Å². The lowest BCUT2D eigenvalue weighted by atomic mass is 9.87. The second kappa shape index (κ2) is 16.9. The van der Waals surface area contributed by atoms with Crippen molar-refractivity contribution >= 4 is 33.4 Å². The fraction of sp³-hybridized carbons (Fsp3) is 0.325. The van der Waals surface area contributed by atoms with Crippen molar-refractivity contribution < 1.29 is 27.5 Å². The number of hydrogen-bond donors (Lipinski definition) is 3. The summed E-state index contributed by atoms with van der Waals surface area (Å²) >= 11 is 0. The van der Waals surface area contributed by atoms with Crippen molar-refractivity contribution in [1.82, 2.24) is 20.9 Å². The number of benzene rings is 4. The van der Waals surface area contributed by atoms with Crippen LogP contribution in [0.1, 0.15) is 57.3 Å². The number of piperazine rings is 1. The number of nitrogens with one attached hydrogen (secondary N) is 3. The van der Waals surface area contributed by atoms with Crippen LogP contribution >= 0.6 is 0 Å². The molecule has 3 amide bonds. The van der Waals surface area contributed by atoms with Crippen molar-refractivity contribution in [1.29, 1.82) is 0 Å². The monoisotopic (exact) mass is 725 g/mol. The highest BCUT2D eigenvalue weighted by Gasteiger charge is 2.37. The maximum Gasteiger partial charge on any atom is 0.251 e. The molecule has 52 heavy (non-hydrogen) atoms. The molecule has 4 aromatic rings. The topological polar surface area (TPSA) is 137 Å². The molecular weight excluding hydrogens is 679 g/mol. The molecule has 12 heteroatoms. The Morgan fingerprint density at radius 1 is 0.885 bits per heavy atom. The van der Waals surface area contributed by atoms with Gasteiger partial charge in [-0.2, -0.15) is 0 Å². The molecular formula is C40H47N5O6S. The molecule has 274 valence electrons. The normalized spacial score (nSPS) is 16.4. The van der Waals surface area contributed by atoms with E-state index < -0.39 is 33.9 Å². The van der Waals surface area contributed by atoms with E-state index >= 15 is 0 Å². The molecule has 1 fully saturated rings. The fourth-order valence-corrected chi connectivity index (χ4v) is 6.87. The van der Waals surface area contributed by atoms with Gasteiger partial charge in [0.15, 0.2) is 0 Å². The summed E-state index contributed by atoms with van der Waals surface area (Å²) in [5.41, 5.74) is 3.22. The minimum atomic E-state index is -3.72. The highest BCUT2D eigenvalue weighted by molar-refractivity contribution is 7.92. The summed E-state index contributed by atoms with van der Waals surface area (Å²) in [6, 6.07) is 29.7. The van der Waals surface area contributed by atoms with E-state index in [1.165, 1.54) is 25.2 Å². The number of carbonyl (C=O) groups excluding carboxylic acids is 3. The van der Waals surface area contributed by atoms with Gasteiger partial charge in [-0.25, -0.2) is 8.42 Å². The third-order valence-electron chi connectivity index (χ3n) is 9.56. The van der Waals surface area contributed by atoms with Crippen molar-refractivity contribution in [2.24, 2.45) is 5.92 Å². The summed E-state index contributed by atoms with van der Waals surface area (Å²) in [5.74, 6) is -0.679. The Morgan fingerprint density at radius 2 is 1.50 bits per heavy atom. The van der Waals surface area contributed by atoms with Gasteiger partial charge in [0.25, 0.3) is 11.8 Å². The maximum absolute atomic E-state index is 14.2. The van der Waals surface area contributed by atoms with Crippen LogP contribution in [0.3, 0.4) is 0 Å². The molecule has 11 nitrogen and oxygen atoms in total. The van der Waals surface area contributed by atoms with E-state index in [0.717, 1.165) is 27.3 Å². The first-order chi connectivity index (χ1) is 24.8. The van der Waals surface area contributed by atoms with Crippen LogP contribution in [0.4, 0.5) is 5.69 Å². The number of nitrogens with zero attached hydrogens (tertiary/aromatic N) is 2. The lowest BCUT2D eigenvalue weighted by molar-refractivity contribution is -0.138. The van der Waals surface area contributed by atoms with E-state index in [1.54, 1.807) is 7.11 Å². The third kappa shape index (κ3) is 9.56. The minimum Gasteiger partial charge on any atom is -0.497 e. The zero-order valence-electron chi connectivity index (χ0n) is 30.2. The first kappa shape index (κ1) is 38.0. The minimum absolute atomic E-state index is 0.0721. The first-order valence-corrected chi connectivity index (χ1v) is 19.1. The smallest absolute Gasteiger partial charge is 0.251 e. The molecule has 4 aromatic carbocycles. The number of anilines is 1. The van der Waals surface area contributed by atoms with Crippen LogP contribution in [-0.4, -0.2) is 76.6 Å². The van der Waals surface area contributed by atoms with Crippen molar-refractivity contribution in [3.05, 3.63) is 131 Å². The number of methoxy groups -OCH3 is 1. The molecule has 0 spiro atoms. The van der Waals surface area contributed by atoms with Gasteiger partial charge in [0, 0.05) is 49.8 Å². The molecule has 0 aromatic heterocycles. The molecule has 0 aliphatic carbocycles. The maximum atomic E-state index is 14.2. The van der Waals surface area contributed by atoms with Gasteiger partial charge in [-0.15, -0.1) is 0 Å². The quantitative estimate of drug-likeness (QED) is 0.174. The van der Waals surface area contributed by atoms with Gasteiger partial charge >= 0.3 is 0 Å². The SMILES string of the molecule is COc1cccc(CN2CCN[C@@H]([C@@H](C)[C@@H](Cc3ccccc3)NC(=O)c3cc(C(=O)N[C@@H](C)c4ccccc4)cc(N(C)S(C)(=O)=O)c3)C2=O)c1. The van der Waals surface area contributed by atoms with E-state index in [4.69, 9.17) is 4.74 Å². The number of ether oxygens (including phenoxy) is 1. The molecule has 0 bridgehead atoms. The number of carbonyl (C=O) groups is 3. The Balaban J connectivity index is 1.43. The predicted octanol–water partition coefficient (Wildman–Crippen LogP) is 4.56. The molecule has 3 N–H and O–H groups in total. The molecule has 0 saturated carbocycles. The summed E-state index contributed by atoms with van der Waals surface area (Å²) in [4.78, 5) is 43.5. The lowest BCUT2D eigenvalue weighted by Gasteiger charge is -2.39. The second-order valence-electron chi connectivity index (χ2n) is 13.3. The number of amides is 3. The van der Waals surface area contributed by atoms with Crippen LogP contribution in [0.25, 0.3) is 0 Å². The van der Waals surface area contributed by atoms with Crippen molar-refractivity contribution in [2.45, 2.75) is 44.9 Å². The standard InChI is InChI=1S/C40H47N5O6S/c1-27(37-40(48)45(20-19-41-37)26-30-15-12-18-35(21-30)51-4)36(22-29-13-8-6-9-14-29)43-39(47)33-23-32(24-34(25-33)44(3)52(5,49)50)38(46)42-28(2)31-16-10-7-11-17-31/h6-18,21,23-25,27-28,36-37,41H,19-20,22,26H2,1-5H3,(H,42,46)(H,43,47)/t27-,28-,36+,37-/m0/s1. The first-order valence-electron chi connectivity index (χ1n) is 17.3. The number of sulfonamides is 1. The van der Waals surface area contributed by atoms with Gasteiger partial charge in [-0.3, -0.25) is 18.7 Å². The van der Waals surface area contributed by atoms with E-state index in [0.29, 0.717) is 31.8 Å². The van der Waals surface area contributed by atoms with E-state index in [9.17, 15) is 22.8 Å². The average molecular weight is 726 g/mol. The summed E-state index contributed by atoms with van der Waals surface area (Å²) in [6.45, 7) is 5.32. The van der Waals surface area contributed by atoms with Crippen molar-refractivity contribution in [3.63, 3.8) is 0 Å². The molecule has 1 aliphatic heterocycles. The van der Waals surface area contributed by atoms with Gasteiger partial charge in [0.1, 0.15) is 5.75 Å². The Morgan fingerprint density at radius 3 is 2.13 bits per heavy atom.